The summed E-state index contributed by atoms with van der Waals surface area (Å²) in [5.41, 5.74) is 7.09. The fraction of sp³-hybridized carbons (Fsp3) is 0.364. The summed E-state index contributed by atoms with van der Waals surface area (Å²) >= 11 is 0. The van der Waals surface area contributed by atoms with E-state index in [1.54, 1.807) is 0 Å². The number of carbonyl (C=O) groups is 1. The Morgan fingerprint density at radius 1 is 1.38 bits per heavy atom. The van der Waals surface area contributed by atoms with Gasteiger partial charge < -0.3 is 16.4 Å². The molecule has 0 aliphatic carbocycles. The fourth-order valence-electron chi connectivity index (χ4n) is 1.92. The fourth-order valence-corrected chi connectivity index (χ4v) is 1.92. The number of carbonyl (C=O) groups excluding carboxylic acids is 1. The molecule has 5 heteroatoms. The summed E-state index contributed by atoms with van der Waals surface area (Å²) in [4.78, 5) is 10.6. The number of nitrogens with two attached hydrogens (primary N) is 1. The maximum Gasteiger partial charge on any atom is 0.316 e. The topological polar surface area (TPSA) is 67.2 Å². The normalized spacial score (nSPS) is 18.9. The molecular formula is C11H16ClN3O. The number of anilines is 1. The zero-order chi connectivity index (χ0) is 10.7. The smallest absolute Gasteiger partial charge is 0.316 e. The molecule has 1 aliphatic heterocycles. The van der Waals surface area contributed by atoms with Gasteiger partial charge in [-0.15, -0.1) is 12.4 Å². The molecule has 0 bridgehead atoms. The van der Waals surface area contributed by atoms with Gasteiger partial charge in [0, 0.05) is 12.2 Å². The van der Waals surface area contributed by atoms with E-state index < -0.39 is 6.03 Å². The largest absolute Gasteiger partial charge is 0.351 e. The lowest BCUT2D eigenvalue weighted by atomic mass is 9.98. The minimum Gasteiger partial charge on any atom is -0.351 e. The van der Waals surface area contributed by atoms with Gasteiger partial charge in [0.05, 0.1) is 0 Å². The zero-order valence-corrected chi connectivity index (χ0v) is 9.72. The first kappa shape index (κ1) is 12.8. The van der Waals surface area contributed by atoms with E-state index in [-0.39, 0.29) is 12.4 Å². The van der Waals surface area contributed by atoms with E-state index in [1.165, 1.54) is 12.0 Å². The van der Waals surface area contributed by atoms with Crippen LogP contribution in [0.5, 0.6) is 0 Å². The molecule has 1 fully saturated rings. The van der Waals surface area contributed by atoms with Crippen LogP contribution in [0.3, 0.4) is 0 Å². The summed E-state index contributed by atoms with van der Waals surface area (Å²) in [6.45, 7) is 2.13. The van der Waals surface area contributed by atoms with Crippen molar-refractivity contribution in [2.24, 2.45) is 5.73 Å². The Kier molecular flexibility index (Phi) is 4.58. The minimum atomic E-state index is -0.523. The van der Waals surface area contributed by atoms with Gasteiger partial charge in [0.25, 0.3) is 0 Å². The maximum atomic E-state index is 10.6. The molecule has 1 aromatic carbocycles. The molecule has 1 aromatic rings. The summed E-state index contributed by atoms with van der Waals surface area (Å²) in [6, 6.07) is 7.34. The summed E-state index contributed by atoms with van der Waals surface area (Å²) < 4.78 is 0. The molecule has 1 saturated heterocycles. The number of amides is 2. The molecule has 2 rings (SSSR count). The third kappa shape index (κ3) is 3.12. The van der Waals surface area contributed by atoms with Crippen LogP contribution in [0.4, 0.5) is 10.5 Å². The van der Waals surface area contributed by atoms with E-state index in [0.29, 0.717) is 5.92 Å². The predicted molar refractivity (Wildman–Crippen MR) is 67.1 cm³/mol. The first-order valence-corrected chi connectivity index (χ1v) is 5.13. The Balaban J connectivity index is 0.00000128. The molecule has 16 heavy (non-hydrogen) atoms. The van der Waals surface area contributed by atoms with Crippen LogP contribution in [0, 0.1) is 0 Å². The molecule has 0 spiro atoms. The average molecular weight is 242 g/mol. The van der Waals surface area contributed by atoms with E-state index >= 15 is 0 Å². The highest BCUT2D eigenvalue weighted by atomic mass is 35.5. The quantitative estimate of drug-likeness (QED) is 0.738. The van der Waals surface area contributed by atoms with Crippen LogP contribution in [0.15, 0.2) is 24.3 Å². The van der Waals surface area contributed by atoms with Crippen molar-refractivity contribution in [1.82, 2.24) is 5.32 Å². The van der Waals surface area contributed by atoms with Crippen molar-refractivity contribution in [3.05, 3.63) is 29.8 Å². The van der Waals surface area contributed by atoms with Crippen molar-refractivity contribution in [3.8, 4) is 0 Å². The average Bonchev–Trinajstić information content (AvgIpc) is 2.71. The molecular weight excluding hydrogens is 226 g/mol. The molecule has 4 N–H and O–H groups in total. The summed E-state index contributed by atoms with van der Waals surface area (Å²) in [5, 5.41) is 5.87. The van der Waals surface area contributed by atoms with Crippen LogP contribution in [-0.4, -0.2) is 19.1 Å². The highest BCUT2D eigenvalue weighted by Crippen LogP contribution is 2.23. The number of primary amides is 1. The molecule has 1 atom stereocenters. The maximum absolute atomic E-state index is 10.6. The van der Waals surface area contributed by atoms with Gasteiger partial charge in [-0.1, -0.05) is 12.1 Å². The first-order chi connectivity index (χ1) is 7.25. The minimum absolute atomic E-state index is 0. The van der Waals surface area contributed by atoms with Gasteiger partial charge in [-0.05, 0) is 36.6 Å². The highest BCUT2D eigenvalue weighted by Gasteiger charge is 2.15. The van der Waals surface area contributed by atoms with Crippen molar-refractivity contribution < 1.29 is 4.79 Å². The summed E-state index contributed by atoms with van der Waals surface area (Å²) in [7, 11) is 0. The predicted octanol–water partition coefficient (Wildman–Crippen LogP) is 1.68. The van der Waals surface area contributed by atoms with Gasteiger partial charge in [0.2, 0.25) is 0 Å². The summed E-state index contributed by atoms with van der Waals surface area (Å²) in [6.07, 6.45) is 1.18. The first-order valence-electron chi connectivity index (χ1n) is 5.13. The molecule has 2 amide bonds. The van der Waals surface area contributed by atoms with E-state index in [9.17, 15) is 4.79 Å². The van der Waals surface area contributed by atoms with Crippen molar-refractivity contribution >= 4 is 24.1 Å². The number of hydrogen-bond donors (Lipinski definition) is 3. The Labute approximate surface area is 101 Å². The monoisotopic (exact) mass is 241 g/mol. The Hall–Kier alpha value is -1.26. The number of rotatable bonds is 2. The third-order valence-electron chi connectivity index (χ3n) is 2.71. The van der Waals surface area contributed by atoms with E-state index in [1.807, 2.05) is 24.3 Å². The second kappa shape index (κ2) is 5.72. The van der Waals surface area contributed by atoms with Gasteiger partial charge in [0.1, 0.15) is 0 Å². The number of benzene rings is 1. The van der Waals surface area contributed by atoms with Crippen LogP contribution in [0.2, 0.25) is 0 Å². The SMILES string of the molecule is Cl.NC(=O)Nc1ccc(C2CCNC2)cc1. The van der Waals surface area contributed by atoms with Crippen LogP contribution in [0.25, 0.3) is 0 Å². The van der Waals surface area contributed by atoms with Gasteiger partial charge >= 0.3 is 6.03 Å². The van der Waals surface area contributed by atoms with Gasteiger partial charge in [-0.25, -0.2) is 4.79 Å². The number of hydrogen-bond acceptors (Lipinski definition) is 2. The Morgan fingerprint density at radius 3 is 2.56 bits per heavy atom. The number of nitrogens with one attached hydrogen (secondary N) is 2. The summed E-state index contributed by atoms with van der Waals surface area (Å²) in [5.74, 6) is 0.604. The van der Waals surface area contributed by atoms with Crippen molar-refractivity contribution in [3.63, 3.8) is 0 Å². The second-order valence-electron chi connectivity index (χ2n) is 3.80. The molecule has 0 saturated carbocycles. The lowest BCUT2D eigenvalue weighted by molar-refractivity contribution is 0.259. The molecule has 0 aromatic heterocycles. The van der Waals surface area contributed by atoms with Crippen LogP contribution in [-0.2, 0) is 0 Å². The standard InChI is InChI=1S/C11H15N3O.ClH/c12-11(15)14-10-3-1-8(2-4-10)9-5-6-13-7-9;/h1-4,9,13H,5-7H2,(H3,12,14,15);1H. The molecule has 1 aliphatic rings. The lowest BCUT2D eigenvalue weighted by Gasteiger charge is -2.09. The number of halogens is 1. The molecule has 0 radical (unpaired) electrons. The van der Waals surface area contributed by atoms with Crippen molar-refractivity contribution in [2.45, 2.75) is 12.3 Å². The van der Waals surface area contributed by atoms with Gasteiger partial charge in [-0.3, -0.25) is 0 Å². The molecule has 4 nitrogen and oxygen atoms in total. The number of urea groups is 1. The Bertz CT molecular complexity index is 347. The molecule has 1 unspecified atom stereocenters. The second-order valence-corrected chi connectivity index (χ2v) is 3.80. The lowest BCUT2D eigenvalue weighted by Crippen LogP contribution is -2.19. The zero-order valence-electron chi connectivity index (χ0n) is 8.90. The molecule has 88 valence electrons. The molecule has 1 heterocycles. The highest BCUT2D eigenvalue weighted by molar-refractivity contribution is 5.87. The van der Waals surface area contributed by atoms with Gasteiger partial charge in [0.15, 0.2) is 0 Å². The third-order valence-corrected chi connectivity index (χ3v) is 2.71. The van der Waals surface area contributed by atoms with E-state index in [4.69, 9.17) is 5.73 Å². The van der Waals surface area contributed by atoms with Gasteiger partial charge in [-0.2, -0.15) is 0 Å². The van der Waals surface area contributed by atoms with Crippen molar-refractivity contribution in [2.75, 3.05) is 18.4 Å². The Morgan fingerprint density at radius 2 is 2.06 bits per heavy atom. The van der Waals surface area contributed by atoms with E-state index in [0.717, 1.165) is 18.8 Å². The van der Waals surface area contributed by atoms with Crippen LogP contribution >= 0.6 is 12.4 Å². The van der Waals surface area contributed by atoms with Crippen molar-refractivity contribution in [1.29, 1.82) is 0 Å². The van der Waals surface area contributed by atoms with E-state index in [2.05, 4.69) is 10.6 Å². The van der Waals surface area contributed by atoms with Crippen LogP contribution in [0.1, 0.15) is 17.9 Å². The van der Waals surface area contributed by atoms with Crippen LogP contribution < -0.4 is 16.4 Å².